The zero-order chi connectivity index (χ0) is 12.8. The maximum absolute atomic E-state index is 4.03. The standard InChI is InChI=1S/C16H22N2/c1-13-8-9-15(14(2)10-13)6-4-3-5-7-16-11-17-12-18-16/h8-12H,3-7H2,1-2H3,(H,17,18). The summed E-state index contributed by atoms with van der Waals surface area (Å²) in [5.41, 5.74) is 5.54. The van der Waals surface area contributed by atoms with Crippen LogP contribution in [0.25, 0.3) is 0 Å². The van der Waals surface area contributed by atoms with Crippen LogP contribution in [0.2, 0.25) is 0 Å². The lowest BCUT2D eigenvalue weighted by Gasteiger charge is -2.06. The first-order chi connectivity index (χ1) is 8.75. The normalized spacial score (nSPS) is 10.8. The van der Waals surface area contributed by atoms with Gasteiger partial charge >= 0.3 is 0 Å². The zero-order valence-corrected chi connectivity index (χ0v) is 11.4. The molecule has 0 saturated carbocycles. The smallest absolute Gasteiger partial charge is 0.0921 e. The lowest BCUT2D eigenvalue weighted by Crippen LogP contribution is -1.92. The van der Waals surface area contributed by atoms with Crippen LogP contribution >= 0.6 is 0 Å². The molecule has 0 saturated heterocycles. The molecule has 0 spiro atoms. The lowest BCUT2D eigenvalue weighted by atomic mass is 10.00. The minimum atomic E-state index is 1.12. The van der Waals surface area contributed by atoms with E-state index in [0.29, 0.717) is 0 Å². The Bertz CT molecular complexity index is 472. The first-order valence-corrected chi connectivity index (χ1v) is 6.79. The number of aromatic nitrogens is 2. The van der Waals surface area contributed by atoms with Crippen LogP contribution in [0.1, 0.15) is 41.6 Å². The summed E-state index contributed by atoms with van der Waals surface area (Å²) >= 11 is 0. The van der Waals surface area contributed by atoms with E-state index >= 15 is 0 Å². The molecule has 0 aliphatic heterocycles. The van der Waals surface area contributed by atoms with E-state index in [-0.39, 0.29) is 0 Å². The molecule has 1 heterocycles. The van der Waals surface area contributed by atoms with Crippen molar-refractivity contribution in [2.45, 2.75) is 46.0 Å². The van der Waals surface area contributed by atoms with E-state index in [0.717, 1.165) is 6.42 Å². The van der Waals surface area contributed by atoms with E-state index in [9.17, 15) is 0 Å². The number of unbranched alkanes of at least 4 members (excludes halogenated alkanes) is 2. The third-order valence-electron chi connectivity index (χ3n) is 3.45. The first-order valence-electron chi connectivity index (χ1n) is 6.79. The summed E-state index contributed by atoms with van der Waals surface area (Å²) in [6, 6.07) is 6.77. The highest BCUT2D eigenvalue weighted by Crippen LogP contribution is 2.14. The van der Waals surface area contributed by atoms with E-state index in [1.807, 2.05) is 6.20 Å². The summed E-state index contributed by atoms with van der Waals surface area (Å²) in [5, 5.41) is 0. The van der Waals surface area contributed by atoms with Crippen molar-refractivity contribution in [3.63, 3.8) is 0 Å². The highest BCUT2D eigenvalue weighted by Gasteiger charge is 1.99. The van der Waals surface area contributed by atoms with Crippen molar-refractivity contribution in [3.8, 4) is 0 Å². The van der Waals surface area contributed by atoms with Gasteiger partial charge in [0.1, 0.15) is 0 Å². The largest absolute Gasteiger partial charge is 0.348 e. The Balaban J connectivity index is 1.69. The molecule has 0 atom stereocenters. The summed E-state index contributed by atoms with van der Waals surface area (Å²) in [4.78, 5) is 7.18. The number of hydrogen-bond acceptors (Lipinski definition) is 1. The Morgan fingerprint density at radius 1 is 1.06 bits per heavy atom. The van der Waals surface area contributed by atoms with Crippen LogP contribution in [-0.2, 0) is 12.8 Å². The van der Waals surface area contributed by atoms with Gasteiger partial charge in [-0.15, -0.1) is 0 Å². The number of nitrogens with one attached hydrogen (secondary N) is 1. The summed E-state index contributed by atoms with van der Waals surface area (Å²) in [5.74, 6) is 0. The van der Waals surface area contributed by atoms with Gasteiger partial charge in [-0.2, -0.15) is 0 Å². The Morgan fingerprint density at radius 2 is 1.89 bits per heavy atom. The SMILES string of the molecule is Cc1ccc(CCCCCc2cnc[nH]2)c(C)c1. The minimum Gasteiger partial charge on any atom is -0.348 e. The van der Waals surface area contributed by atoms with E-state index in [1.165, 1.54) is 48.1 Å². The van der Waals surface area contributed by atoms with Crippen molar-refractivity contribution in [1.82, 2.24) is 9.97 Å². The number of H-pyrrole nitrogens is 1. The number of nitrogens with zero attached hydrogens (tertiary/aromatic N) is 1. The summed E-state index contributed by atoms with van der Waals surface area (Å²) in [7, 11) is 0. The second-order valence-corrected chi connectivity index (χ2v) is 5.07. The maximum atomic E-state index is 4.03. The van der Waals surface area contributed by atoms with Gasteiger partial charge in [-0.05, 0) is 50.7 Å². The van der Waals surface area contributed by atoms with E-state index in [1.54, 1.807) is 6.33 Å². The van der Waals surface area contributed by atoms with Crippen molar-refractivity contribution in [1.29, 1.82) is 0 Å². The number of hydrogen-bond donors (Lipinski definition) is 1. The van der Waals surface area contributed by atoms with E-state index in [4.69, 9.17) is 0 Å². The fourth-order valence-electron chi connectivity index (χ4n) is 2.36. The molecule has 2 nitrogen and oxygen atoms in total. The first kappa shape index (κ1) is 12.9. The molecule has 1 aromatic heterocycles. The summed E-state index contributed by atoms with van der Waals surface area (Å²) < 4.78 is 0. The van der Waals surface area contributed by atoms with Crippen LogP contribution in [0.5, 0.6) is 0 Å². The van der Waals surface area contributed by atoms with Gasteiger partial charge in [0.05, 0.1) is 6.33 Å². The molecule has 0 radical (unpaired) electrons. The summed E-state index contributed by atoms with van der Waals surface area (Å²) in [6.45, 7) is 4.37. The van der Waals surface area contributed by atoms with Crippen LogP contribution in [0.15, 0.2) is 30.7 Å². The zero-order valence-electron chi connectivity index (χ0n) is 11.4. The fraction of sp³-hybridized carbons (Fsp3) is 0.438. The molecule has 18 heavy (non-hydrogen) atoms. The molecule has 0 aliphatic carbocycles. The van der Waals surface area contributed by atoms with Gasteiger partial charge < -0.3 is 4.98 Å². The molecular formula is C16H22N2. The van der Waals surface area contributed by atoms with Crippen LogP contribution < -0.4 is 0 Å². The molecule has 2 aromatic rings. The number of aromatic amines is 1. The second kappa shape index (κ2) is 6.39. The van der Waals surface area contributed by atoms with Gasteiger partial charge in [-0.3, -0.25) is 0 Å². The molecule has 0 aliphatic rings. The number of rotatable bonds is 6. The second-order valence-electron chi connectivity index (χ2n) is 5.07. The Labute approximate surface area is 109 Å². The quantitative estimate of drug-likeness (QED) is 0.762. The molecule has 1 N–H and O–H groups in total. The summed E-state index contributed by atoms with van der Waals surface area (Å²) in [6.07, 6.45) is 9.80. The molecule has 2 heteroatoms. The third kappa shape index (κ3) is 3.73. The average Bonchev–Trinajstić information content (AvgIpc) is 2.84. The number of aryl methyl sites for hydroxylation is 4. The molecule has 0 fully saturated rings. The Kier molecular flexibility index (Phi) is 4.57. The van der Waals surface area contributed by atoms with E-state index < -0.39 is 0 Å². The van der Waals surface area contributed by atoms with Crippen molar-refractivity contribution < 1.29 is 0 Å². The third-order valence-corrected chi connectivity index (χ3v) is 3.45. The number of imidazole rings is 1. The highest BCUT2D eigenvalue weighted by atomic mass is 14.9. The van der Waals surface area contributed by atoms with Crippen LogP contribution in [-0.4, -0.2) is 9.97 Å². The van der Waals surface area contributed by atoms with Crippen molar-refractivity contribution >= 4 is 0 Å². The van der Waals surface area contributed by atoms with Crippen molar-refractivity contribution in [2.75, 3.05) is 0 Å². The molecule has 1 aromatic carbocycles. The monoisotopic (exact) mass is 242 g/mol. The molecule has 96 valence electrons. The molecule has 0 bridgehead atoms. The highest BCUT2D eigenvalue weighted by molar-refractivity contribution is 5.30. The predicted octanol–water partition coefficient (Wildman–Crippen LogP) is 3.98. The Morgan fingerprint density at radius 3 is 2.61 bits per heavy atom. The molecule has 0 unspecified atom stereocenters. The minimum absolute atomic E-state index is 1.12. The topological polar surface area (TPSA) is 28.7 Å². The predicted molar refractivity (Wildman–Crippen MR) is 75.8 cm³/mol. The average molecular weight is 242 g/mol. The molecule has 2 rings (SSSR count). The Hall–Kier alpha value is -1.57. The van der Waals surface area contributed by atoms with Gasteiger partial charge in [0.25, 0.3) is 0 Å². The van der Waals surface area contributed by atoms with Gasteiger partial charge in [-0.25, -0.2) is 4.98 Å². The fourth-order valence-corrected chi connectivity index (χ4v) is 2.36. The number of benzene rings is 1. The van der Waals surface area contributed by atoms with Crippen LogP contribution in [0.4, 0.5) is 0 Å². The van der Waals surface area contributed by atoms with Crippen LogP contribution in [0, 0.1) is 13.8 Å². The van der Waals surface area contributed by atoms with Gasteiger partial charge in [0, 0.05) is 11.9 Å². The van der Waals surface area contributed by atoms with Crippen LogP contribution in [0.3, 0.4) is 0 Å². The van der Waals surface area contributed by atoms with Gasteiger partial charge in [-0.1, -0.05) is 30.2 Å². The lowest BCUT2D eigenvalue weighted by molar-refractivity contribution is 0.671. The van der Waals surface area contributed by atoms with Crippen molar-refractivity contribution in [2.24, 2.45) is 0 Å². The van der Waals surface area contributed by atoms with Gasteiger partial charge in [0.15, 0.2) is 0 Å². The molecule has 0 amide bonds. The molecular weight excluding hydrogens is 220 g/mol. The van der Waals surface area contributed by atoms with Gasteiger partial charge in [0.2, 0.25) is 0 Å². The van der Waals surface area contributed by atoms with Crippen molar-refractivity contribution in [3.05, 3.63) is 53.1 Å². The maximum Gasteiger partial charge on any atom is 0.0921 e. The van der Waals surface area contributed by atoms with E-state index in [2.05, 4.69) is 42.0 Å².